The lowest BCUT2D eigenvalue weighted by Gasteiger charge is -1.91. The van der Waals surface area contributed by atoms with Crippen molar-refractivity contribution in [3.8, 4) is 10.6 Å². The Balaban J connectivity index is 2.59. The van der Waals surface area contributed by atoms with E-state index in [4.69, 9.17) is 5.73 Å². The van der Waals surface area contributed by atoms with E-state index >= 15 is 0 Å². The summed E-state index contributed by atoms with van der Waals surface area (Å²) in [6.45, 7) is 0. The third kappa shape index (κ3) is 1.19. The molecule has 0 saturated heterocycles. The van der Waals surface area contributed by atoms with Gasteiger partial charge in [0.25, 0.3) is 0 Å². The third-order valence-corrected chi connectivity index (χ3v) is 2.48. The fourth-order valence-electron chi connectivity index (χ4n) is 0.965. The van der Waals surface area contributed by atoms with Gasteiger partial charge in [0.15, 0.2) is 11.6 Å². The normalized spacial score (nSPS) is 10.6. The van der Waals surface area contributed by atoms with Crippen LogP contribution in [0.5, 0.6) is 0 Å². The molecular weight excluding hydrogens is 196 g/mol. The quantitative estimate of drug-likeness (QED) is 0.741. The van der Waals surface area contributed by atoms with Gasteiger partial charge in [-0.3, -0.25) is 5.10 Å². The number of H-pyrrole nitrogens is 1. The highest BCUT2D eigenvalue weighted by Gasteiger charge is 2.16. The molecule has 2 aromatic heterocycles. The number of nitrogens with one attached hydrogen (secondary N) is 1. The molecule has 0 atom stereocenters. The van der Waals surface area contributed by atoms with E-state index < -0.39 is 11.6 Å². The van der Waals surface area contributed by atoms with Crippen molar-refractivity contribution in [2.75, 3.05) is 5.73 Å². The van der Waals surface area contributed by atoms with Crippen molar-refractivity contribution in [3.05, 3.63) is 23.1 Å². The monoisotopic (exact) mass is 201 g/mol. The zero-order valence-corrected chi connectivity index (χ0v) is 7.16. The van der Waals surface area contributed by atoms with Crippen molar-refractivity contribution in [3.63, 3.8) is 0 Å². The van der Waals surface area contributed by atoms with Gasteiger partial charge < -0.3 is 5.73 Å². The first-order valence-corrected chi connectivity index (χ1v) is 4.31. The number of nitrogen functional groups attached to an aromatic ring is 1. The molecule has 0 aliphatic rings. The molecule has 0 aromatic carbocycles. The highest BCUT2D eigenvalue weighted by molar-refractivity contribution is 7.13. The fraction of sp³-hybridized carbons (Fsp3) is 0. The van der Waals surface area contributed by atoms with E-state index in [0.717, 1.165) is 11.3 Å². The first-order chi connectivity index (χ1) is 6.20. The van der Waals surface area contributed by atoms with Crippen molar-refractivity contribution in [1.82, 2.24) is 10.2 Å². The lowest BCUT2D eigenvalue weighted by atomic mass is 10.3. The molecule has 2 heterocycles. The van der Waals surface area contributed by atoms with E-state index in [2.05, 4.69) is 10.2 Å². The highest BCUT2D eigenvalue weighted by Crippen LogP contribution is 2.30. The SMILES string of the molecule is Nc1n[nH]c(-c2sccc2F)c1F. The summed E-state index contributed by atoms with van der Waals surface area (Å²) in [6, 6.07) is 1.26. The number of aromatic amines is 1. The molecule has 0 aliphatic carbocycles. The van der Waals surface area contributed by atoms with Crippen LogP contribution in [0.4, 0.5) is 14.6 Å². The van der Waals surface area contributed by atoms with Gasteiger partial charge >= 0.3 is 0 Å². The van der Waals surface area contributed by atoms with Gasteiger partial charge in [0.05, 0.1) is 4.88 Å². The van der Waals surface area contributed by atoms with Crippen molar-refractivity contribution in [1.29, 1.82) is 0 Å². The zero-order chi connectivity index (χ0) is 9.42. The number of anilines is 1. The lowest BCUT2D eigenvalue weighted by Crippen LogP contribution is -1.87. The maximum absolute atomic E-state index is 13.1. The topological polar surface area (TPSA) is 54.7 Å². The molecule has 0 aliphatic heterocycles. The first-order valence-electron chi connectivity index (χ1n) is 3.43. The van der Waals surface area contributed by atoms with E-state index in [-0.39, 0.29) is 16.4 Å². The molecule has 3 N–H and O–H groups in total. The average Bonchev–Trinajstić information content (AvgIpc) is 2.62. The summed E-state index contributed by atoms with van der Waals surface area (Å²) in [5.41, 5.74) is 5.17. The molecule has 0 saturated carbocycles. The number of nitrogens with zero attached hydrogens (tertiary/aromatic N) is 1. The molecule has 13 heavy (non-hydrogen) atoms. The number of aromatic nitrogens is 2. The van der Waals surface area contributed by atoms with Crippen LogP contribution in [0.25, 0.3) is 10.6 Å². The molecule has 0 spiro atoms. The van der Waals surface area contributed by atoms with Crippen LogP contribution in [0.2, 0.25) is 0 Å². The summed E-state index contributed by atoms with van der Waals surface area (Å²) >= 11 is 1.09. The van der Waals surface area contributed by atoms with Gasteiger partial charge in [-0.25, -0.2) is 8.78 Å². The van der Waals surface area contributed by atoms with Crippen molar-refractivity contribution in [2.24, 2.45) is 0 Å². The van der Waals surface area contributed by atoms with Gasteiger partial charge in [-0.15, -0.1) is 11.3 Å². The Kier molecular flexibility index (Phi) is 1.77. The Morgan fingerprint density at radius 1 is 1.46 bits per heavy atom. The third-order valence-electron chi connectivity index (χ3n) is 1.58. The van der Waals surface area contributed by atoms with Crippen LogP contribution >= 0.6 is 11.3 Å². The minimum Gasteiger partial charge on any atom is -0.380 e. The van der Waals surface area contributed by atoms with Crippen LogP contribution in [0.1, 0.15) is 0 Å². The molecule has 0 bridgehead atoms. The second-order valence-electron chi connectivity index (χ2n) is 2.40. The van der Waals surface area contributed by atoms with Gasteiger partial charge in [-0.1, -0.05) is 0 Å². The van der Waals surface area contributed by atoms with Crippen molar-refractivity contribution in [2.45, 2.75) is 0 Å². The molecule has 0 amide bonds. The molecule has 0 fully saturated rings. The number of thiophene rings is 1. The number of halogens is 2. The second kappa shape index (κ2) is 2.81. The summed E-state index contributed by atoms with van der Waals surface area (Å²) in [5.74, 6) is -1.43. The van der Waals surface area contributed by atoms with E-state index in [0.29, 0.717) is 0 Å². The molecule has 0 unspecified atom stereocenters. The lowest BCUT2D eigenvalue weighted by molar-refractivity contribution is 0.622. The minimum atomic E-state index is -0.707. The van der Waals surface area contributed by atoms with Crippen LogP contribution in [-0.2, 0) is 0 Å². The summed E-state index contributed by atoms with van der Waals surface area (Å²) in [6.07, 6.45) is 0. The zero-order valence-electron chi connectivity index (χ0n) is 6.34. The van der Waals surface area contributed by atoms with Gasteiger partial charge in [-0.05, 0) is 11.4 Å². The van der Waals surface area contributed by atoms with E-state index in [1.54, 1.807) is 0 Å². The first kappa shape index (κ1) is 8.18. The number of rotatable bonds is 1. The van der Waals surface area contributed by atoms with Crippen molar-refractivity contribution >= 4 is 17.2 Å². The summed E-state index contributed by atoms with van der Waals surface area (Å²) < 4.78 is 26.1. The second-order valence-corrected chi connectivity index (χ2v) is 3.31. The van der Waals surface area contributed by atoms with Gasteiger partial charge in [0, 0.05) is 0 Å². The maximum Gasteiger partial charge on any atom is 0.193 e. The van der Waals surface area contributed by atoms with Crippen molar-refractivity contribution < 1.29 is 8.78 Å². The number of hydrogen-bond donors (Lipinski definition) is 2. The van der Waals surface area contributed by atoms with E-state index in [9.17, 15) is 8.78 Å². The Labute approximate surface area is 76.2 Å². The molecule has 6 heteroatoms. The molecular formula is C7H5F2N3S. The molecule has 2 aromatic rings. The van der Waals surface area contributed by atoms with E-state index in [1.807, 2.05) is 0 Å². The highest BCUT2D eigenvalue weighted by atomic mass is 32.1. The Morgan fingerprint density at radius 2 is 2.23 bits per heavy atom. The Morgan fingerprint density at radius 3 is 2.69 bits per heavy atom. The standard InChI is InChI=1S/C7H5F2N3S/c8-3-1-2-13-6(3)5-4(9)7(10)12-11-5/h1-2H,(H3,10,11,12). The molecule has 68 valence electrons. The molecule has 2 rings (SSSR count). The van der Waals surface area contributed by atoms with Gasteiger partial charge in [-0.2, -0.15) is 5.10 Å². The predicted octanol–water partition coefficient (Wildman–Crippen LogP) is 2.00. The number of hydrogen-bond acceptors (Lipinski definition) is 3. The molecule has 0 radical (unpaired) electrons. The molecule has 3 nitrogen and oxygen atoms in total. The van der Waals surface area contributed by atoms with E-state index in [1.165, 1.54) is 11.4 Å². The van der Waals surface area contributed by atoms with Crippen LogP contribution < -0.4 is 5.73 Å². The fourth-order valence-corrected chi connectivity index (χ4v) is 1.72. The smallest absolute Gasteiger partial charge is 0.193 e. The van der Waals surface area contributed by atoms with Gasteiger partial charge in [0.2, 0.25) is 0 Å². The number of nitrogens with two attached hydrogens (primary N) is 1. The van der Waals surface area contributed by atoms with Crippen LogP contribution in [-0.4, -0.2) is 10.2 Å². The minimum absolute atomic E-state index is 0.00463. The average molecular weight is 201 g/mol. The van der Waals surface area contributed by atoms with Crippen LogP contribution in [0.15, 0.2) is 11.4 Å². The summed E-state index contributed by atoms with van der Waals surface area (Å²) in [4.78, 5) is 0.182. The van der Waals surface area contributed by atoms with Gasteiger partial charge in [0.1, 0.15) is 11.5 Å². The van der Waals surface area contributed by atoms with Crippen LogP contribution in [0, 0.1) is 11.6 Å². The predicted molar refractivity (Wildman–Crippen MR) is 46.2 cm³/mol. The summed E-state index contributed by atoms with van der Waals surface area (Å²) in [5, 5.41) is 7.30. The largest absolute Gasteiger partial charge is 0.380 e. The van der Waals surface area contributed by atoms with Crippen LogP contribution in [0.3, 0.4) is 0 Å². The maximum atomic E-state index is 13.1. The summed E-state index contributed by atoms with van der Waals surface area (Å²) in [7, 11) is 0. The Hall–Kier alpha value is -1.43. The Bertz CT molecular complexity index is 435.